The van der Waals surface area contributed by atoms with Crippen LogP contribution in [-0.2, 0) is 9.84 Å². The van der Waals surface area contributed by atoms with Gasteiger partial charge in [0.05, 0.1) is 10.6 Å². The summed E-state index contributed by atoms with van der Waals surface area (Å²) in [6.45, 7) is 0. The normalized spacial score (nSPS) is 11.0. The number of halogens is 1. The molecule has 1 amide bonds. The van der Waals surface area contributed by atoms with Crippen LogP contribution in [0.2, 0.25) is 0 Å². The Kier molecular flexibility index (Phi) is 5.00. The van der Waals surface area contributed by atoms with E-state index in [0.717, 1.165) is 22.0 Å². The Labute approximate surface area is 145 Å². The van der Waals surface area contributed by atoms with Gasteiger partial charge in [0, 0.05) is 21.5 Å². The van der Waals surface area contributed by atoms with Gasteiger partial charge in [0.15, 0.2) is 9.84 Å². The number of carbonyl (C=O) groups is 1. The number of nitro groups is 1. The molecule has 7 nitrogen and oxygen atoms in total. The molecule has 23 heavy (non-hydrogen) atoms. The minimum atomic E-state index is -3.76. The van der Waals surface area contributed by atoms with E-state index in [4.69, 9.17) is 0 Å². The van der Waals surface area contributed by atoms with Gasteiger partial charge in [0.2, 0.25) is 0 Å². The zero-order valence-corrected chi connectivity index (χ0v) is 14.8. The second kappa shape index (κ2) is 6.62. The van der Waals surface area contributed by atoms with Crippen molar-refractivity contribution < 1.29 is 18.1 Å². The van der Waals surface area contributed by atoms with Crippen molar-refractivity contribution >= 4 is 49.7 Å². The van der Waals surface area contributed by atoms with Gasteiger partial charge in [-0.25, -0.2) is 8.42 Å². The molecule has 0 aromatic heterocycles. The third-order valence-corrected chi connectivity index (χ3v) is 5.02. The van der Waals surface area contributed by atoms with E-state index in [-0.39, 0.29) is 5.56 Å². The van der Waals surface area contributed by atoms with Crippen LogP contribution in [0.4, 0.5) is 11.4 Å². The Balaban J connectivity index is 2.41. The molecule has 0 saturated carbocycles. The number of nitrogens with one attached hydrogen (secondary N) is 1. The number of rotatable bonds is 4. The molecular formula is C14H11IN2O5S. The highest BCUT2D eigenvalue weighted by molar-refractivity contribution is 14.1. The summed E-state index contributed by atoms with van der Waals surface area (Å²) < 4.78 is 23.9. The molecule has 0 saturated heterocycles. The lowest BCUT2D eigenvalue weighted by Crippen LogP contribution is -2.14. The van der Waals surface area contributed by atoms with Crippen molar-refractivity contribution in [3.8, 4) is 0 Å². The lowest BCUT2D eigenvalue weighted by atomic mass is 10.2. The average Bonchev–Trinajstić information content (AvgIpc) is 2.48. The van der Waals surface area contributed by atoms with Crippen molar-refractivity contribution in [1.29, 1.82) is 0 Å². The summed E-state index contributed by atoms with van der Waals surface area (Å²) in [5.74, 6) is -0.558. The number of nitro benzene ring substituents is 1. The topological polar surface area (TPSA) is 106 Å². The number of nitrogens with zero attached hydrogens (tertiary/aromatic N) is 1. The first-order valence-electron chi connectivity index (χ1n) is 6.24. The Morgan fingerprint density at radius 3 is 2.43 bits per heavy atom. The zero-order chi connectivity index (χ0) is 17.2. The molecule has 1 N–H and O–H groups in total. The summed E-state index contributed by atoms with van der Waals surface area (Å²) in [7, 11) is -3.76. The van der Waals surface area contributed by atoms with E-state index in [2.05, 4.69) is 5.32 Å². The lowest BCUT2D eigenvalue weighted by molar-refractivity contribution is -0.387. The summed E-state index contributed by atoms with van der Waals surface area (Å²) in [5, 5.41) is 13.7. The summed E-state index contributed by atoms with van der Waals surface area (Å²) in [5.41, 5.74) is -0.0559. The monoisotopic (exact) mass is 446 g/mol. The van der Waals surface area contributed by atoms with Crippen molar-refractivity contribution in [2.45, 2.75) is 4.90 Å². The summed E-state index contributed by atoms with van der Waals surface area (Å²) in [4.78, 5) is 22.0. The number of sulfone groups is 1. The molecule has 0 fully saturated rings. The molecule has 2 rings (SSSR count). The van der Waals surface area contributed by atoms with Crippen molar-refractivity contribution in [3.63, 3.8) is 0 Å². The Hall–Kier alpha value is -2.01. The fourth-order valence-electron chi connectivity index (χ4n) is 1.87. The highest BCUT2D eigenvalue weighted by Crippen LogP contribution is 2.26. The first-order chi connectivity index (χ1) is 10.7. The molecule has 0 atom stereocenters. The van der Waals surface area contributed by atoms with Crippen LogP contribution in [-0.4, -0.2) is 25.5 Å². The van der Waals surface area contributed by atoms with E-state index < -0.39 is 31.3 Å². The summed E-state index contributed by atoms with van der Waals surface area (Å²) in [6, 6.07) is 10.3. The molecule has 0 heterocycles. The quantitative estimate of drug-likeness (QED) is 0.442. The Morgan fingerprint density at radius 2 is 1.87 bits per heavy atom. The van der Waals surface area contributed by atoms with Crippen molar-refractivity contribution in [1.82, 2.24) is 0 Å². The van der Waals surface area contributed by atoms with Crippen LogP contribution < -0.4 is 5.32 Å². The number of hydrogen-bond acceptors (Lipinski definition) is 5. The van der Waals surface area contributed by atoms with Crippen LogP contribution in [0.25, 0.3) is 0 Å². The average molecular weight is 446 g/mol. The molecule has 0 aliphatic rings. The summed E-state index contributed by atoms with van der Waals surface area (Å²) >= 11 is 2.04. The van der Waals surface area contributed by atoms with Gasteiger partial charge in [-0.2, -0.15) is 0 Å². The van der Waals surface area contributed by atoms with Crippen LogP contribution >= 0.6 is 22.6 Å². The standard InChI is InChI=1S/C14H11IN2O5S/c1-23(21,22)13-7-6-9(8-12(13)17(19)20)14(18)16-11-5-3-2-4-10(11)15/h2-8H,1H3,(H,16,18). The predicted octanol–water partition coefficient (Wildman–Crippen LogP) is 2.86. The fourth-order valence-corrected chi connectivity index (χ4v) is 3.22. The van der Waals surface area contributed by atoms with Crippen LogP contribution in [0, 0.1) is 13.7 Å². The first-order valence-corrected chi connectivity index (χ1v) is 9.21. The van der Waals surface area contributed by atoms with Crippen LogP contribution in [0.5, 0.6) is 0 Å². The van der Waals surface area contributed by atoms with Crippen molar-refractivity contribution in [2.24, 2.45) is 0 Å². The van der Waals surface area contributed by atoms with E-state index in [0.29, 0.717) is 5.69 Å². The van der Waals surface area contributed by atoms with Crippen molar-refractivity contribution in [3.05, 3.63) is 61.7 Å². The second-order valence-electron chi connectivity index (χ2n) is 4.65. The highest BCUT2D eigenvalue weighted by atomic mass is 127. The van der Waals surface area contributed by atoms with E-state index in [1.807, 2.05) is 28.7 Å². The Morgan fingerprint density at radius 1 is 1.22 bits per heavy atom. The molecule has 0 aliphatic heterocycles. The maximum absolute atomic E-state index is 12.2. The molecule has 9 heteroatoms. The predicted molar refractivity (Wildman–Crippen MR) is 93.3 cm³/mol. The molecule has 0 bridgehead atoms. The molecule has 0 aliphatic carbocycles. The molecule has 2 aromatic rings. The molecule has 0 spiro atoms. The number of carbonyl (C=O) groups excluding carboxylic acids is 1. The van der Waals surface area contributed by atoms with E-state index in [1.165, 1.54) is 6.07 Å². The molecule has 120 valence electrons. The van der Waals surface area contributed by atoms with Crippen LogP contribution in [0.3, 0.4) is 0 Å². The lowest BCUT2D eigenvalue weighted by Gasteiger charge is -2.08. The van der Waals surface area contributed by atoms with Gasteiger partial charge in [0.25, 0.3) is 11.6 Å². The van der Waals surface area contributed by atoms with Gasteiger partial charge >= 0.3 is 0 Å². The smallest absolute Gasteiger partial charge is 0.288 e. The molecular weight excluding hydrogens is 435 g/mol. The van der Waals surface area contributed by atoms with Crippen LogP contribution in [0.15, 0.2) is 47.4 Å². The number of para-hydroxylation sites is 1. The van der Waals surface area contributed by atoms with Gasteiger partial charge < -0.3 is 5.32 Å². The van der Waals surface area contributed by atoms with E-state index in [9.17, 15) is 23.3 Å². The minimum Gasteiger partial charge on any atom is -0.321 e. The number of anilines is 1. The number of benzene rings is 2. The minimum absolute atomic E-state index is 0.00348. The maximum Gasteiger partial charge on any atom is 0.288 e. The number of hydrogen-bond donors (Lipinski definition) is 1. The molecule has 0 unspecified atom stereocenters. The molecule has 2 aromatic carbocycles. The van der Waals surface area contributed by atoms with Gasteiger partial charge in [0.1, 0.15) is 4.90 Å². The van der Waals surface area contributed by atoms with Crippen LogP contribution in [0.1, 0.15) is 10.4 Å². The number of amides is 1. The zero-order valence-electron chi connectivity index (χ0n) is 11.8. The van der Waals surface area contributed by atoms with E-state index in [1.54, 1.807) is 18.2 Å². The van der Waals surface area contributed by atoms with Gasteiger partial charge in [-0.3, -0.25) is 14.9 Å². The van der Waals surface area contributed by atoms with Gasteiger partial charge in [-0.1, -0.05) is 12.1 Å². The Bertz CT molecular complexity index is 896. The first kappa shape index (κ1) is 17.3. The molecule has 0 radical (unpaired) electrons. The third-order valence-electron chi connectivity index (χ3n) is 2.94. The van der Waals surface area contributed by atoms with E-state index >= 15 is 0 Å². The largest absolute Gasteiger partial charge is 0.321 e. The SMILES string of the molecule is CS(=O)(=O)c1ccc(C(=O)Nc2ccccc2I)cc1[N+](=O)[O-]. The second-order valence-corrected chi connectivity index (χ2v) is 7.79. The van der Waals surface area contributed by atoms with Gasteiger partial charge in [-0.05, 0) is 46.9 Å². The van der Waals surface area contributed by atoms with Crippen molar-refractivity contribution in [2.75, 3.05) is 11.6 Å². The summed E-state index contributed by atoms with van der Waals surface area (Å²) in [6.07, 6.45) is 0.876. The van der Waals surface area contributed by atoms with Gasteiger partial charge in [-0.15, -0.1) is 0 Å². The fraction of sp³-hybridized carbons (Fsp3) is 0.0714. The maximum atomic E-state index is 12.2. The highest BCUT2D eigenvalue weighted by Gasteiger charge is 2.24. The third kappa shape index (κ3) is 4.05.